The summed E-state index contributed by atoms with van der Waals surface area (Å²) >= 11 is 4.16. The van der Waals surface area contributed by atoms with Crippen LogP contribution in [0.2, 0.25) is 0 Å². The van der Waals surface area contributed by atoms with Gasteiger partial charge in [0.1, 0.15) is 17.2 Å². The Balaban J connectivity index is 1.28. The zero-order chi connectivity index (χ0) is 38.1. The van der Waals surface area contributed by atoms with E-state index in [2.05, 4.69) is 87.0 Å². The number of nitrogens with zero attached hydrogens (tertiary/aromatic N) is 3. The number of alkyl halides is 3. The number of furan rings is 2. The number of para-hydroxylation sites is 4. The Morgan fingerprint density at radius 2 is 1.07 bits per heavy atom. The Bertz CT molecular complexity index is 2800. The fraction of sp³-hybridized carbons (Fsp3) is 0.159. The zero-order valence-corrected chi connectivity index (χ0v) is 33.9. The van der Waals surface area contributed by atoms with Crippen molar-refractivity contribution in [3.8, 4) is 17.2 Å². The quantitative estimate of drug-likeness (QED) is 0.118. The molecule has 0 aliphatic rings. The molecule has 0 spiro atoms. The van der Waals surface area contributed by atoms with E-state index in [4.69, 9.17) is 8.83 Å². The van der Waals surface area contributed by atoms with Crippen molar-refractivity contribution >= 4 is 112 Å². The topological polar surface area (TPSA) is 56.6 Å². The summed E-state index contributed by atoms with van der Waals surface area (Å²) < 4.78 is 58.9. The van der Waals surface area contributed by atoms with Crippen molar-refractivity contribution in [2.24, 2.45) is 0 Å². The average molecular weight is 946 g/mol. The molecule has 0 atom stereocenters. The molecule has 0 saturated carbocycles. The van der Waals surface area contributed by atoms with Crippen LogP contribution in [-0.2, 0) is 6.18 Å². The molecule has 2 heterocycles. The first-order valence-electron chi connectivity index (χ1n) is 17.4. The summed E-state index contributed by atoms with van der Waals surface area (Å²) in [5, 5.41) is 14.4. The highest BCUT2D eigenvalue weighted by Gasteiger charge is 2.35. The predicted molar refractivity (Wildman–Crippen MR) is 230 cm³/mol. The highest BCUT2D eigenvalue weighted by molar-refractivity contribution is 14.1. The third-order valence-corrected chi connectivity index (χ3v) is 12.0. The van der Waals surface area contributed by atoms with Crippen molar-refractivity contribution in [1.82, 2.24) is 0 Å². The van der Waals surface area contributed by atoms with Gasteiger partial charge >= 0.3 is 6.18 Å². The molecule has 0 saturated heterocycles. The number of rotatable bonds is 7. The van der Waals surface area contributed by atoms with Gasteiger partial charge in [0.2, 0.25) is 0 Å². The lowest BCUT2D eigenvalue weighted by Gasteiger charge is -2.21. The molecule has 0 aliphatic carbocycles. The third-order valence-electron chi connectivity index (χ3n) is 9.90. The highest BCUT2D eigenvalue weighted by atomic mass is 127. The van der Waals surface area contributed by atoms with Crippen LogP contribution in [0.25, 0.3) is 55.0 Å². The Labute approximate surface area is 337 Å². The van der Waals surface area contributed by atoms with Crippen molar-refractivity contribution in [1.29, 1.82) is 5.26 Å². The van der Waals surface area contributed by atoms with Gasteiger partial charge in [0.15, 0.2) is 11.2 Å². The monoisotopic (exact) mass is 945 g/mol. The number of hydrogen-bond donors (Lipinski definition) is 0. The summed E-state index contributed by atoms with van der Waals surface area (Å²) in [6.45, 7) is 8.45. The molecule has 0 N–H and O–H groups in total. The SMILES string of the molecule is CC(C)c1cc(-c2cccc(N(I)c3cccc4c3oc3c(C(C)C)cccc34)c2C#N)cc2c1oc1c(N(I)c3ccccc3C(F)(F)F)cccc12. The molecular weight excluding hydrogens is 913 g/mol. The van der Waals surface area contributed by atoms with E-state index in [0.717, 1.165) is 66.7 Å². The van der Waals surface area contributed by atoms with Gasteiger partial charge < -0.3 is 8.83 Å². The maximum atomic E-state index is 14.1. The minimum Gasteiger partial charge on any atom is -0.454 e. The van der Waals surface area contributed by atoms with Crippen LogP contribution in [0.3, 0.4) is 0 Å². The van der Waals surface area contributed by atoms with E-state index < -0.39 is 11.7 Å². The van der Waals surface area contributed by atoms with Gasteiger partial charge in [-0.3, -0.25) is 6.23 Å². The summed E-state index contributed by atoms with van der Waals surface area (Å²) in [7, 11) is 0. The molecule has 2 aromatic heterocycles. The second kappa shape index (κ2) is 13.8. The number of halogens is 5. The molecule has 8 aromatic rings. The van der Waals surface area contributed by atoms with Crippen molar-refractivity contribution in [3.05, 3.63) is 131 Å². The minimum absolute atomic E-state index is 0.0147. The summed E-state index contributed by atoms with van der Waals surface area (Å²) in [6.07, 6.45) is -4.53. The van der Waals surface area contributed by atoms with Crippen LogP contribution >= 0.6 is 45.7 Å². The first kappa shape index (κ1) is 36.2. The van der Waals surface area contributed by atoms with E-state index >= 15 is 0 Å². The molecule has 0 radical (unpaired) electrons. The van der Waals surface area contributed by atoms with Crippen molar-refractivity contribution < 1.29 is 22.0 Å². The highest BCUT2D eigenvalue weighted by Crippen LogP contribution is 2.48. The number of anilines is 4. The summed E-state index contributed by atoms with van der Waals surface area (Å²) in [6, 6.07) is 35.8. The molecule has 0 aliphatic heterocycles. The lowest BCUT2D eigenvalue weighted by atomic mass is 9.92. The van der Waals surface area contributed by atoms with E-state index in [-0.39, 0.29) is 17.5 Å². The van der Waals surface area contributed by atoms with E-state index in [9.17, 15) is 18.4 Å². The molecule has 0 fully saturated rings. The van der Waals surface area contributed by atoms with Crippen LogP contribution in [0.5, 0.6) is 0 Å². The van der Waals surface area contributed by atoms with Crippen LogP contribution in [0.4, 0.5) is 35.9 Å². The van der Waals surface area contributed by atoms with Gasteiger partial charge in [-0.2, -0.15) is 18.4 Å². The molecular formula is C44H32F3I2N3O2. The number of benzene rings is 6. The van der Waals surface area contributed by atoms with E-state index in [1.165, 1.54) is 15.2 Å². The van der Waals surface area contributed by atoms with Gasteiger partial charge in [0, 0.05) is 27.1 Å². The molecule has 0 unspecified atom stereocenters. The smallest absolute Gasteiger partial charge is 0.418 e. The zero-order valence-electron chi connectivity index (χ0n) is 29.6. The van der Waals surface area contributed by atoms with Gasteiger partial charge in [-0.05, 0) is 71.0 Å². The molecule has 5 nitrogen and oxygen atoms in total. The van der Waals surface area contributed by atoms with E-state index in [1.807, 2.05) is 74.5 Å². The predicted octanol–water partition coefficient (Wildman–Crippen LogP) is 15.3. The fourth-order valence-corrected chi connectivity index (χ4v) is 8.88. The molecule has 0 bridgehead atoms. The van der Waals surface area contributed by atoms with Gasteiger partial charge in [-0.15, -0.1) is 0 Å². The van der Waals surface area contributed by atoms with E-state index in [1.54, 1.807) is 12.1 Å². The van der Waals surface area contributed by atoms with Crippen LogP contribution in [0, 0.1) is 11.3 Å². The normalized spacial score (nSPS) is 12.1. The molecule has 270 valence electrons. The van der Waals surface area contributed by atoms with Gasteiger partial charge in [-0.1, -0.05) is 94.4 Å². The fourth-order valence-electron chi connectivity index (χ4n) is 7.29. The maximum absolute atomic E-state index is 14.1. The standard InChI is InChI=1S/C44H32F3I2N3O2/c1-24(2)27-11-7-13-29-30-14-9-19-38(42(30)53-40(27)29)51(48)36-18-8-12-28(34(36)23-50)26-21-32(25(3)4)41-33(22-26)31-15-10-20-39(43(31)54-41)52(49)37-17-6-5-16-35(37)44(45,46)47/h5-22,24-25H,1-4H3. The van der Waals surface area contributed by atoms with Gasteiger partial charge in [-0.25, -0.2) is 0 Å². The number of fused-ring (bicyclic) bond motifs is 6. The summed E-state index contributed by atoms with van der Waals surface area (Å²) in [5.41, 5.74) is 8.21. The van der Waals surface area contributed by atoms with Crippen LogP contribution in [0.1, 0.15) is 61.8 Å². The van der Waals surface area contributed by atoms with E-state index in [0.29, 0.717) is 28.1 Å². The first-order valence-corrected chi connectivity index (χ1v) is 19.4. The Kier molecular flexibility index (Phi) is 9.29. The number of nitriles is 1. The lowest BCUT2D eigenvalue weighted by molar-refractivity contribution is -0.137. The van der Waals surface area contributed by atoms with Crippen LogP contribution < -0.4 is 6.23 Å². The molecule has 6 aromatic carbocycles. The second-order valence-corrected chi connectivity index (χ2v) is 15.8. The summed E-state index contributed by atoms with van der Waals surface area (Å²) in [4.78, 5) is 0. The molecule has 54 heavy (non-hydrogen) atoms. The van der Waals surface area contributed by atoms with Crippen LogP contribution in [0.15, 0.2) is 118 Å². The van der Waals surface area contributed by atoms with Crippen molar-refractivity contribution in [3.63, 3.8) is 0 Å². The molecule has 8 rings (SSSR count). The second-order valence-electron chi connectivity index (χ2n) is 13.9. The van der Waals surface area contributed by atoms with Crippen molar-refractivity contribution in [2.45, 2.75) is 45.7 Å². The van der Waals surface area contributed by atoms with Crippen molar-refractivity contribution in [2.75, 3.05) is 6.23 Å². The maximum Gasteiger partial charge on any atom is 0.418 e. The average Bonchev–Trinajstić information content (AvgIpc) is 3.75. The Hall–Kier alpha value is -4.74. The Morgan fingerprint density at radius 3 is 1.69 bits per heavy atom. The largest absolute Gasteiger partial charge is 0.454 e. The van der Waals surface area contributed by atoms with Gasteiger partial charge in [0.25, 0.3) is 0 Å². The summed E-state index contributed by atoms with van der Waals surface area (Å²) in [5.74, 6) is 0.322. The minimum atomic E-state index is -4.53. The van der Waals surface area contributed by atoms with Gasteiger partial charge in [0.05, 0.1) is 79.6 Å². The molecule has 0 amide bonds. The number of hydrogen-bond acceptors (Lipinski definition) is 5. The first-order chi connectivity index (χ1) is 25.9. The Morgan fingerprint density at radius 1 is 0.574 bits per heavy atom. The van der Waals surface area contributed by atoms with Crippen LogP contribution in [-0.4, -0.2) is 0 Å². The molecule has 10 heteroatoms. The lowest BCUT2D eigenvalue weighted by Crippen LogP contribution is -2.12. The third kappa shape index (κ3) is 5.96.